The molecular weight excluding hydrogens is 328 g/mol. The summed E-state index contributed by atoms with van der Waals surface area (Å²) in [6.45, 7) is 0. The molecule has 0 spiro atoms. The first-order chi connectivity index (χ1) is 12.7. The van der Waals surface area contributed by atoms with Crippen LogP contribution in [0.4, 0.5) is 11.5 Å². The van der Waals surface area contributed by atoms with Crippen LogP contribution >= 0.6 is 0 Å². The van der Waals surface area contributed by atoms with E-state index in [-0.39, 0.29) is 17.3 Å². The molecule has 1 atom stereocenters. The summed E-state index contributed by atoms with van der Waals surface area (Å²) in [6, 6.07) is 22.9. The summed E-state index contributed by atoms with van der Waals surface area (Å²) < 4.78 is 0. The van der Waals surface area contributed by atoms with Crippen molar-refractivity contribution in [3.8, 4) is 6.07 Å². The lowest BCUT2D eigenvalue weighted by Gasteiger charge is -2.20. The van der Waals surface area contributed by atoms with Gasteiger partial charge in [-0.3, -0.25) is 10.1 Å². The van der Waals surface area contributed by atoms with Gasteiger partial charge in [0.15, 0.2) is 0 Å². The van der Waals surface area contributed by atoms with Crippen LogP contribution in [0.25, 0.3) is 0 Å². The van der Waals surface area contributed by atoms with Gasteiger partial charge in [0.05, 0.1) is 11.0 Å². The van der Waals surface area contributed by atoms with Crippen LogP contribution in [-0.4, -0.2) is 9.91 Å². The minimum atomic E-state index is -0.559. The first-order valence-corrected chi connectivity index (χ1v) is 8.07. The predicted molar refractivity (Wildman–Crippen MR) is 98.6 cm³/mol. The number of rotatable bonds is 6. The molecule has 6 nitrogen and oxygen atoms in total. The number of hydrogen-bond donors (Lipinski definition) is 1. The fourth-order valence-corrected chi connectivity index (χ4v) is 2.71. The highest BCUT2D eigenvalue weighted by Crippen LogP contribution is 2.26. The van der Waals surface area contributed by atoms with Crippen LogP contribution in [0.2, 0.25) is 0 Å². The minimum absolute atomic E-state index is 0.125. The van der Waals surface area contributed by atoms with Crippen molar-refractivity contribution in [2.24, 2.45) is 0 Å². The molecule has 0 unspecified atom stereocenters. The Kier molecular flexibility index (Phi) is 5.20. The largest absolute Gasteiger partial charge is 0.362 e. The second-order valence-corrected chi connectivity index (χ2v) is 5.76. The summed E-state index contributed by atoms with van der Waals surface area (Å²) in [5.74, 6) is 0.336. The van der Waals surface area contributed by atoms with Crippen LogP contribution in [0.1, 0.15) is 22.7 Å². The highest BCUT2D eigenvalue weighted by molar-refractivity contribution is 5.56. The molecule has 0 bridgehead atoms. The maximum atomic E-state index is 10.9. The van der Waals surface area contributed by atoms with Crippen molar-refractivity contribution in [1.82, 2.24) is 4.98 Å². The lowest BCUT2D eigenvalue weighted by Crippen LogP contribution is -2.15. The molecule has 0 aliphatic rings. The monoisotopic (exact) mass is 344 g/mol. The zero-order valence-electron chi connectivity index (χ0n) is 13.9. The van der Waals surface area contributed by atoms with E-state index in [4.69, 9.17) is 0 Å². The van der Waals surface area contributed by atoms with E-state index >= 15 is 0 Å². The molecule has 0 radical (unpaired) electrons. The van der Waals surface area contributed by atoms with E-state index in [0.717, 1.165) is 17.3 Å². The fraction of sp³-hybridized carbons (Fsp3) is 0.100. The number of pyridine rings is 1. The lowest BCUT2D eigenvalue weighted by molar-refractivity contribution is -0.385. The standard InChI is InChI=1S/C20H16N4O2/c21-13-17-12-18(24(25)26)14-22-20(17)23-19(16-9-5-2-6-10-16)11-15-7-3-1-4-8-15/h1-10,12,14,19H,11H2,(H,22,23)/t19-/m0/s1. The molecule has 26 heavy (non-hydrogen) atoms. The first kappa shape index (κ1) is 17.1. The van der Waals surface area contributed by atoms with Gasteiger partial charge in [-0.05, 0) is 17.5 Å². The highest BCUT2D eigenvalue weighted by atomic mass is 16.6. The topological polar surface area (TPSA) is 91.8 Å². The number of nitriles is 1. The summed E-state index contributed by atoms with van der Waals surface area (Å²) >= 11 is 0. The Bertz CT molecular complexity index is 937. The van der Waals surface area contributed by atoms with Crippen LogP contribution in [-0.2, 0) is 6.42 Å². The Morgan fingerprint density at radius 2 is 1.77 bits per heavy atom. The van der Waals surface area contributed by atoms with Crippen molar-refractivity contribution >= 4 is 11.5 Å². The maximum absolute atomic E-state index is 10.9. The maximum Gasteiger partial charge on any atom is 0.289 e. The van der Waals surface area contributed by atoms with Crippen LogP contribution < -0.4 is 5.32 Å². The van der Waals surface area contributed by atoms with Crippen LogP contribution in [0.5, 0.6) is 0 Å². The summed E-state index contributed by atoms with van der Waals surface area (Å²) in [7, 11) is 0. The number of benzene rings is 2. The van der Waals surface area contributed by atoms with Crippen molar-refractivity contribution in [3.05, 3.63) is 99.7 Å². The highest BCUT2D eigenvalue weighted by Gasteiger charge is 2.17. The average molecular weight is 344 g/mol. The number of aromatic nitrogens is 1. The molecule has 1 aromatic heterocycles. The molecule has 1 N–H and O–H groups in total. The molecule has 0 fully saturated rings. The van der Waals surface area contributed by atoms with E-state index in [1.807, 2.05) is 66.7 Å². The number of nitrogens with one attached hydrogen (secondary N) is 1. The minimum Gasteiger partial charge on any atom is -0.362 e. The van der Waals surface area contributed by atoms with Gasteiger partial charge in [0.1, 0.15) is 23.6 Å². The van der Waals surface area contributed by atoms with E-state index in [1.54, 1.807) is 0 Å². The van der Waals surface area contributed by atoms with Gasteiger partial charge < -0.3 is 5.32 Å². The molecular formula is C20H16N4O2. The number of anilines is 1. The van der Waals surface area contributed by atoms with Crippen LogP contribution in [0.3, 0.4) is 0 Å². The second kappa shape index (κ2) is 7.90. The van der Waals surface area contributed by atoms with Gasteiger partial charge in [-0.15, -0.1) is 0 Å². The van der Waals surface area contributed by atoms with E-state index < -0.39 is 4.92 Å². The lowest BCUT2D eigenvalue weighted by atomic mass is 9.98. The van der Waals surface area contributed by atoms with E-state index in [2.05, 4.69) is 10.3 Å². The third-order valence-electron chi connectivity index (χ3n) is 4.00. The van der Waals surface area contributed by atoms with Crippen LogP contribution in [0.15, 0.2) is 72.9 Å². The summed E-state index contributed by atoms with van der Waals surface area (Å²) in [6.07, 6.45) is 1.85. The Morgan fingerprint density at radius 1 is 1.12 bits per heavy atom. The van der Waals surface area contributed by atoms with Gasteiger partial charge in [0.2, 0.25) is 0 Å². The third kappa shape index (κ3) is 4.02. The van der Waals surface area contributed by atoms with E-state index in [9.17, 15) is 15.4 Å². The van der Waals surface area contributed by atoms with E-state index in [0.29, 0.717) is 12.2 Å². The molecule has 0 saturated carbocycles. The van der Waals surface area contributed by atoms with Crippen molar-refractivity contribution in [2.75, 3.05) is 5.32 Å². The Morgan fingerprint density at radius 3 is 2.38 bits per heavy atom. The van der Waals surface area contributed by atoms with Crippen molar-refractivity contribution in [3.63, 3.8) is 0 Å². The van der Waals surface area contributed by atoms with Gasteiger partial charge in [-0.2, -0.15) is 5.26 Å². The SMILES string of the molecule is N#Cc1cc([N+](=O)[O-])cnc1N[C@@H](Cc1ccccc1)c1ccccc1. The Hall–Kier alpha value is -3.72. The molecule has 0 aliphatic heterocycles. The smallest absolute Gasteiger partial charge is 0.289 e. The molecule has 0 saturated heterocycles. The molecule has 6 heteroatoms. The van der Waals surface area contributed by atoms with Crippen molar-refractivity contribution in [1.29, 1.82) is 5.26 Å². The molecule has 0 aliphatic carbocycles. The van der Waals surface area contributed by atoms with Gasteiger partial charge in [-0.25, -0.2) is 4.98 Å². The van der Waals surface area contributed by atoms with Gasteiger partial charge >= 0.3 is 0 Å². The third-order valence-corrected chi connectivity index (χ3v) is 4.00. The summed E-state index contributed by atoms with van der Waals surface area (Å²) in [4.78, 5) is 14.4. The van der Waals surface area contributed by atoms with Gasteiger partial charge in [-0.1, -0.05) is 60.7 Å². The molecule has 128 valence electrons. The quantitative estimate of drug-likeness (QED) is 0.533. The number of hydrogen-bond acceptors (Lipinski definition) is 5. The molecule has 3 aromatic rings. The Labute approximate surface area is 150 Å². The predicted octanol–water partition coefficient (Wildman–Crippen LogP) is 4.26. The second-order valence-electron chi connectivity index (χ2n) is 5.76. The zero-order valence-corrected chi connectivity index (χ0v) is 13.9. The van der Waals surface area contributed by atoms with Gasteiger partial charge in [0, 0.05) is 6.07 Å². The number of nitrogens with zero attached hydrogens (tertiary/aromatic N) is 3. The van der Waals surface area contributed by atoms with Gasteiger partial charge in [0.25, 0.3) is 5.69 Å². The molecule has 2 aromatic carbocycles. The molecule has 0 amide bonds. The number of nitro groups is 1. The average Bonchev–Trinajstić information content (AvgIpc) is 2.69. The normalized spacial score (nSPS) is 11.3. The van der Waals surface area contributed by atoms with E-state index in [1.165, 1.54) is 6.07 Å². The fourth-order valence-electron chi connectivity index (χ4n) is 2.71. The van der Waals surface area contributed by atoms with Crippen LogP contribution in [0, 0.1) is 21.4 Å². The summed E-state index contributed by atoms with van der Waals surface area (Å²) in [5, 5.41) is 23.5. The molecule has 3 rings (SSSR count). The zero-order chi connectivity index (χ0) is 18.4. The summed E-state index contributed by atoms with van der Waals surface area (Å²) in [5.41, 5.74) is 2.12. The Balaban J connectivity index is 1.93. The molecule has 1 heterocycles. The van der Waals surface area contributed by atoms with Crippen molar-refractivity contribution < 1.29 is 4.92 Å². The van der Waals surface area contributed by atoms with Crippen molar-refractivity contribution in [2.45, 2.75) is 12.5 Å². The first-order valence-electron chi connectivity index (χ1n) is 8.07.